The maximum atomic E-state index is 12.1. The zero-order valence-corrected chi connectivity index (χ0v) is 12.9. The number of amides is 1. The van der Waals surface area contributed by atoms with Gasteiger partial charge in [0.05, 0.1) is 6.07 Å². The topological polar surface area (TPSA) is 130 Å². The summed E-state index contributed by atoms with van der Waals surface area (Å²) in [6.45, 7) is 1.47. The summed E-state index contributed by atoms with van der Waals surface area (Å²) >= 11 is 0. The van der Waals surface area contributed by atoms with E-state index in [-0.39, 0.29) is 12.6 Å². The number of hydrogen-bond donors (Lipinski definition) is 1. The minimum atomic E-state index is -1.15. The summed E-state index contributed by atoms with van der Waals surface area (Å²) in [5.74, 6) is -1.48. The van der Waals surface area contributed by atoms with E-state index in [0.717, 1.165) is 12.1 Å². The lowest BCUT2D eigenvalue weighted by atomic mass is 10.2. The number of nitrogens with zero attached hydrogens (tertiary/aromatic N) is 1. The van der Waals surface area contributed by atoms with E-state index >= 15 is 0 Å². The van der Waals surface area contributed by atoms with Crippen molar-refractivity contribution >= 4 is 23.4 Å². The Balaban J connectivity index is 1.60. The van der Waals surface area contributed by atoms with Crippen LogP contribution in [0.15, 0.2) is 34.7 Å². The molecule has 1 aromatic carbocycles. The SMILES string of the molecule is C[C@H](OC(=O)c1ccc([N+](=O)[O-])o1)C(=O)Nc1ccc2c(c1)OCO2. The van der Waals surface area contributed by atoms with E-state index in [0.29, 0.717) is 17.2 Å². The molecular formula is C15H12N2O8. The Morgan fingerprint density at radius 2 is 2.00 bits per heavy atom. The van der Waals surface area contributed by atoms with Gasteiger partial charge < -0.3 is 23.9 Å². The molecule has 1 atom stereocenters. The van der Waals surface area contributed by atoms with Crippen molar-refractivity contribution in [2.24, 2.45) is 0 Å². The van der Waals surface area contributed by atoms with E-state index in [9.17, 15) is 19.7 Å². The molecule has 0 bridgehead atoms. The number of ether oxygens (including phenoxy) is 3. The van der Waals surface area contributed by atoms with Gasteiger partial charge in [0.25, 0.3) is 5.91 Å². The number of benzene rings is 1. The van der Waals surface area contributed by atoms with E-state index in [1.54, 1.807) is 18.2 Å². The van der Waals surface area contributed by atoms with Gasteiger partial charge in [-0.15, -0.1) is 0 Å². The van der Waals surface area contributed by atoms with Crippen molar-refractivity contribution in [2.75, 3.05) is 12.1 Å². The fourth-order valence-corrected chi connectivity index (χ4v) is 2.03. The summed E-state index contributed by atoms with van der Waals surface area (Å²) in [6, 6.07) is 6.94. The highest BCUT2D eigenvalue weighted by molar-refractivity contribution is 5.96. The van der Waals surface area contributed by atoms with Crippen LogP contribution in [0.3, 0.4) is 0 Å². The third-order valence-electron chi connectivity index (χ3n) is 3.27. The third-order valence-corrected chi connectivity index (χ3v) is 3.27. The summed E-state index contributed by atoms with van der Waals surface area (Å²) < 4.78 is 20.0. The largest absolute Gasteiger partial charge is 0.454 e. The Morgan fingerprint density at radius 3 is 2.72 bits per heavy atom. The number of anilines is 1. The van der Waals surface area contributed by atoms with Gasteiger partial charge in [-0.1, -0.05) is 0 Å². The summed E-state index contributed by atoms with van der Waals surface area (Å²) in [5, 5.41) is 13.1. The molecule has 0 spiro atoms. The number of rotatable bonds is 5. The number of furan rings is 1. The standard InChI is InChI=1S/C15H12N2O8/c1-8(24-15(19)11-4-5-13(25-11)17(20)21)14(18)16-9-2-3-10-12(6-9)23-7-22-10/h2-6,8H,7H2,1H3,(H,16,18)/t8-/m0/s1. The van der Waals surface area contributed by atoms with Crippen LogP contribution in [0, 0.1) is 10.1 Å². The second kappa shape index (κ2) is 6.51. The second-order valence-corrected chi connectivity index (χ2v) is 5.00. The molecule has 1 aliphatic rings. The van der Waals surface area contributed by atoms with Crippen LogP contribution in [-0.4, -0.2) is 29.7 Å². The first-order valence-electron chi connectivity index (χ1n) is 7.10. The molecule has 0 saturated heterocycles. The van der Waals surface area contributed by atoms with Gasteiger partial charge in [0, 0.05) is 11.8 Å². The summed E-state index contributed by atoms with van der Waals surface area (Å²) in [4.78, 5) is 33.7. The summed E-state index contributed by atoms with van der Waals surface area (Å²) in [7, 11) is 0. The minimum Gasteiger partial charge on any atom is -0.454 e. The average Bonchev–Trinajstić information content (AvgIpc) is 3.23. The molecule has 2 heterocycles. The summed E-state index contributed by atoms with van der Waals surface area (Å²) in [5.41, 5.74) is 0.436. The maximum Gasteiger partial charge on any atom is 0.433 e. The van der Waals surface area contributed by atoms with Crippen LogP contribution >= 0.6 is 0 Å². The predicted molar refractivity (Wildman–Crippen MR) is 81.4 cm³/mol. The van der Waals surface area contributed by atoms with Gasteiger partial charge in [-0.25, -0.2) is 4.79 Å². The van der Waals surface area contributed by atoms with Gasteiger partial charge >= 0.3 is 11.9 Å². The molecule has 130 valence electrons. The molecule has 1 N–H and O–H groups in total. The van der Waals surface area contributed by atoms with Crippen LogP contribution in [0.5, 0.6) is 11.5 Å². The highest BCUT2D eigenvalue weighted by Crippen LogP contribution is 2.34. The number of carbonyl (C=O) groups is 2. The molecular weight excluding hydrogens is 336 g/mol. The molecule has 0 fully saturated rings. The molecule has 0 unspecified atom stereocenters. The molecule has 1 amide bonds. The fourth-order valence-electron chi connectivity index (χ4n) is 2.03. The molecule has 0 saturated carbocycles. The molecule has 2 aromatic rings. The van der Waals surface area contributed by atoms with Crippen LogP contribution in [0.4, 0.5) is 11.6 Å². The van der Waals surface area contributed by atoms with Crippen LogP contribution in [0.25, 0.3) is 0 Å². The number of hydrogen-bond acceptors (Lipinski definition) is 8. The van der Waals surface area contributed by atoms with Gasteiger partial charge in [0.2, 0.25) is 12.6 Å². The number of nitrogens with one attached hydrogen (secondary N) is 1. The Morgan fingerprint density at radius 1 is 1.24 bits per heavy atom. The lowest BCUT2D eigenvalue weighted by Gasteiger charge is -2.12. The minimum absolute atomic E-state index is 0.107. The quantitative estimate of drug-likeness (QED) is 0.494. The van der Waals surface area contributed by atoms with Crippen molar-refractivity contribution in [3.05, 3.63) is 46.2 Å². The Bertz CT molecular complexity index is 844. The Hall–Kier alpha value is -3.56. The van der Waals surface area contributed by atoms with Crippen LogP contribution in [0.2, 0.25) is 0 Å². The third kappa shape index (κ3) is 3.52. The molecule has 3 rings (SSSR count). The van der Waals surface area contributed by atoms with Crippen LogP contribution < -0.4 is 14.8 Å². The highest BCUT2D eigenvalue weighted by Gasteiger charge is 2.24. The number of nitro groups is 1. The molecule has 10 heteroatoms. The molecule has 0 aliphatic carbocycles. The zero-order chi connectivity index (χ0) is 18.0. The van der Waals surface area contributed by atoms with Crippen molar-refractivity contribution in [1.29, 1.82) is 0 Å². The lowest BCUT2D eigenvalue weighted by molar-refractivity contribution is -0.402. The van der Waals surface area contributed by atoms with Crippen molar-refractivity contribution in [3.63, 3.8) is 0 Å². The summed E-state index contributed by atoms with van der Waals surface area (Å²) in [6.07, 6.45) is -1.15. The van der Waals surface area contributed by atoms with Gasteiger partial charge in [-0.05, 0) is 25.1 Å². The maximum absolute atomic E-state index is 12.1. The first-order valence-corrected chi connectivity index (χ1v) is 7.10. The van der Waals surface area contributed by atoms with E-state index in [4.69, 9.17) is 18.6 Å². The van der Waals surface area contributed by atoms with Crippen molar-refractivity contribution in [1.82, 2.24) is 0 Å². The predicted octanol–water partition coefficient (Wildman–Crippen LogP) is 2.10. The lowest BCUT2D eigenvalue weighted by Crippen LogP contribution is -2.29. The van der Waals surface area contributed by atoms with E-state index in [1.807, 2.05) is 0 Å². The van der Waals surface area contributed by atoms with Crippen LogP contribution in [0.1, 0.15) is 17.5 Å². The molecule has 10 nitrogen and oxygen atoms in total. The highest BCUT2D eigenvalue weighted by atomic mass is 16.7. The van der Waals surface area contributed by atoms with Gasteiger partial charge in [0.15, 0.2) is 17.6 Å². The Labute approximate surface area is 140 Å². The van der Waals surface area contributed by atoms with Crippen molar-refractivity contribution in [3.8, 4) is 11.5 Å². The van der Waals surface area contributed by atoms with Gasteiger partial charge in [-0.2, -0.15) is 0 Å². The number of fused-ring (bicyclic) bond motifs is 1. The normalized spacial score (nSPS) is 13.2. The average molecular weight is 348 g/mol. The number of carbonyl (C=O) groups excluding carboxylic acids is 2. The molecule has 1 aromatic heterocycles. The monoisotopic (exact) mass is 348 g/mol. The van der Waals surface area contributed by atoms with E-state index < -0.39 is 28.8 Å². The van der Waals surface area contributed by atoms with Crippen molar-refractivity contribution in [2.45, 2.75) is 13.0 Å². The van der Waals surface area contributed by atoms with Gasteiger partial charge in [0.1, 0.15) is 4.92 Å². The van der Waals surface area contributed by atoms with E-state index in [2.05, 4.69) is 5.32 Å². The smallest absolute Gasteiger partial charge is 0.433 e. The van der Waals surface area contributed by atoms with Gasteiger partial charge in [-0.3, -0.25) is 14.9 Å². The number of esters is 1. The molecule has 0 radical (unpaired) electrons. The molecule has 25 heavy (non-hydrogen) atoms. The van der Waals surface area contributed by atoms with Crippen LogP contribution in [-0.2, 0) is 9.53 Å². The zero-order valence-electron chi connectivity index (χ0n) is 12.9. The van der Waals surface area contributed by atoms with Crippen molar-refractivity contribution < 1.29 is 33.1 Å². The first kappa shape index (κ1) is 16.3. The van der Waals surface area contributed by atoms with E-state index in [1.165, 1.54) is 6.92 Å². The first-order chi connectivity index (χ1) is 11.9. The fraction of sp³-hybridized carbons (Fsp3) is 0.200. The Kier molecular flexibility index (Phi) is 4.25. The second-order valence-electron chi connectivity index (χ2n) is 5.00. The molecule has 1 aliphatic heterocycles.